The Morgan fingerprint density at radius 3 is 2.59 bits per heavy atom. The van der Waals surface area contributed by atoms with Crippen LogP contribution in [0.1, 0.15) is 23.4 Å². The molecule has 0 radical (unpaired) electrons. The highest BCUT2D eigenvalue weighted by molar-refractivity contribution is 8.00. The zero-order valence-corrected chi connectivity index (χ0v) is 14.9. The van der Waals surface area contributed by atoms with Crippen LogP contribution >= 0.6 is 11.8 Å². The Labute approximate surface area is 158 Å². The SMILES string of the molecule is O=C(O)C[C@@H]1Sc2nnc(Cc3ccccc3F)n2N=C1c1ccccc1. The lowest BCUT2D eigenvalue weighted by atomic mass is 10.1. The summed E-state index contributed by atoms with van der Waals surface area (Å²) in [5.41, 5.74) is 1.99. The van der Waals surface area contributed by atoms with Gasteiger partial charge in [0.2, 0.25) is 5.16 Å². The summed E-state index contributed by atoms with van der Waals surface area (Å²) in [6.45, 7) is 0. The van der Waals surface area contributed by atoms with Crippen molar-refractivity contribution < 1.29 is 14.3 Å². The molecule has 27 heavy (non-hydrogen) atoms. The molecular formula is C19H15FN4O2S. The van der Waals surface area contributed by atoms with Crippen molar-refractivity contribution in [3.63, 3.8) is 0 Å². The number of hydrogen-bond acceptors (Lipinski definition) is 5. The highest BCUT2D eigenvalue weighted by atomic mass is 32.2. The molecule has 3 aromatic rings. The number of halogens is 1. The second-order valence-corrected chi connectivity index (χ2v) is 7.20. The van der Waals surface area contributed by atoms with Gasteiger partial charge in [-0.05, 0) is 17.2 Å². The topological polar surface area (TPSA) is 80.4 Å². The smallest absolute Gasteiger partial charge is 0.304 e. The number of rotatable bonds is 5. The molecule has 0 saturated heterocycles. The van der Waals surface area contributed by atoms with Gasteiger partial charge in [-0.1, -0.05) is 60.3 Å². The van der Waals surface area contributed by atoms with Crippen molar-refractivity contribution in [1.82, 2.24) is 14.9 Å². The van der Waals surface area contributed by atoms with Crippen molar-refractivity contribution in [3.05, 3.63) is 77.4 Å². The van der Waals surface area contributed by atoms with Gasteiger partial charge in [0, 0.05) is 6.42 Å². The average molecular weight is 382 g/mol. The third-order valence-electron chi connectivity index (χ3n) is 4.17. The fourth-order valence-electron chi connectivity index (χ4n) is 2.90. The van der Waals surface area contributed by atoms with E-state index in [-0.39, 0.29) is 23.9 Å². The second kappa shape index (κ2) is 7.32. The predicted octanol–water partition coefficient (Wildman–Crippen LogP) is 3.21. The minimum Gasteiger partial charge on any atom is -0.481 e. The Kier molecular flexibility index (Phi) is 4.72. The Morgan fingerprint density at radius 2 is 1.85 bits per heavy atom. The summed E-state index contributed by atoms with van der Waals surface area (Å²) >= 11 is 1.31. The minimum atomic E-state index is -0.907. The first-order valence-corrected chi connectivity index (χ1v) is 9.20. The summed E-state index contributed by atoms with van der Waals surface area (Å²) in [6, 6.07) is 15.9. The van der Waals surface area contributed by atoms with Gasteiger partial charge in [0.25, 0.3) is 0 Å². The van der Waals surface area contributed by atoms with Crippen LogP contribution in [0, 0.1) is 5.82 Å². The van der Waals surface area contributed by atoms with Gasteiger partial charge in [-0.25, -0.2) is 4.39 Å². The largest absolute Gasteiger partial charge is 0.481 e. The van der Waals surface area contributed by atoms with Crippen molar-refractivity contribution >= 4 is 23.4 Å². The molecule has 4 rings (SSSR count). The fraction of sp³-hybridized carbons (Fsp3) is 0.158. The molecule has 0 bridgehead atoms. The van der Waals surface area contributed by atoms with Crippen molar-refractivity contribution in [2.24, 2.45) is 5.10 Å². The Morgan fingerprint density at radius 1 is 1.11 bits per heavy atom. The van der Waals surface area contributed by atoms with Gasteiger partial charge >= 0.3 is 5.97 Å². The molecule has 2 heterocycles. The highest BCUT2D eigenvalue weighted by Gasteiger charge is 2.30. The van der Waals surface area contributed by atoms with Crippen LogP contribution in [0.5, 0.6) is 0 Å². The maximum Gasteiger partial charge on any atom is 0.304 e. The van der Waals surface area contributed by atoms with Crippen molar-refractivity contribution in [3.8, 4) is 0 Å². The Hall–Kier alpha value is -3.00. The van der Waals surface area contributed by atoms with E-state index in [1.54, 1.807) is 22.9 Å². The van der Waals surface area contributed by atoms with E-state index < -0.39 is 5.97 Å². The van der Waals surface area contributed by atoms with Crippen molar-refractivity contribution in [1.29, 1.82) is 0 Å². The van der Waals surface area contributed by atoms with Gasteiger partial charge in [-0.2, -0.15) is 9.78 Å². The molecular weight excluding hydrogens is 367 g/mol. The van der Waals surface area contributed by atoms with Crippen LogP contribution in [0.15, 0.2) is 64.9 Å². The summed E-state index contributed by atoms with van der Waals surface area (Å²) < 4.78 is 15.6. The zero-order valence-electron chi connectivity index (χ0n) is 14.1. The molecule has 0 spiro atoms. The number of thioether (sulfide) groups is 1. The lowest BCUT2D eigenvalue weighted by Gasteiger charge is -2.22. The molecule has 136 valence electrons. The Bertz CT molecular complexity index is 1020. The van der Waals surface area contributed by atoms with E-state index in [0.29, 0.717) is 22.3 Å². The first kappa shape index (κ1) is 17.4. The van der Waals surface area contributed by atoms with Crippen LogP contribution in [0.3, 0.4) is 0 Å². The summed E-state index contributed by atoms with van der Waals surface area (Å²) in [5, 5.41) is 22.3. The monoisotopic (exact) mass is 382 g/mol. The number of benzene rings is 2. The number of fused-ring (bicyclic) bond motifs is 1. The maximum atomic E-state index is 14.0. The number of carboxylic acids is 1. The van der Waals surface area contributed by atoms with Gasteiger partial charge in [-0.3, -0.25) is 4.79 Å². The summed E-state index contributed by atoms with van der Waals surface area (Å²) in [5.74, 6) is -0.713. The molecule has 1 aliphatic heterocycles. The molecule has 0 unspecified atom stereocenters. The summed E-state index contributed by atoms with van der Waals surface area (Å²) in [6.07, 6.45) is 0.170. The molecule has 1 atom stereocenters. The molecule has 0 fully saturated rings. The number of aliphatic carboxylic acids is 1. The highest BCUT2D eigenvalue weighted by Crippen LogP contribution is 2.32. The fourth-order valence-corrected chi connectivity index (χ4v) is 4.01. The zero-order chi connectivity index (χ0) is 18.8. The molecule has 0 aliphatic carbocycles. The van der Waals surface area contributed by atoms with Crippen molar-refractivity contribution in [2.75, 3.05) is 0 Å². The molecule has 1 aromatic heterocycles. The van der Waals surface area contributed by atoms with Crippen LogP contribution in [-0.4, -0.2) is 36.9 Å². The molecule has 6 nitrogen and oxygen atoms in total. The van der Waals surface area contributed by atoms with E-state index >= 15 is 0 Å². The minimum absolute atomic E-state index is 0.0755. The van der Waals surface area contributed by atoms with Gasteiger partial charge in [-0.15, -0.1) is 10.2 Å². The third-order valence-corrected chi connectivity index (χ3v) is 5.31. The standard InChI is InChI=1S/C19H15FN4O2S/c20-14-9-5-4-8-13(14)10-16-21-22-19-24(16)23-18(12-6-2-1-3-7-12)15(27-19)11-17(25)26/h1-9,15H,10-11H2,(H,25,26)/t15-/m0/s1. The first-order chi connectivity index (χ1) is 13.1. The van der Waals surface area contributed by atoms with E-state index in [2.05, 4.69) is 15.3 Å². The molecule has 0 amide bonds. The van der Waals surface area contributed by atoms with Crippen LogP contribution in [0.4, 0.5) is 4.39 Å². The number of aromatic nitrogens is 3. The molecule has 1 aliphatic rings. The number of nitrogens with zero attached hydrogens (tertiary/aromatic N) is 4. The van der Waals surface area contributed by atoms with Gasteiger partial charge in [0.05, 0.1) is 17.4 Å². The second-order valence-electron chi connectivity index (χ2n) is 6.03. The molecule has 0 saturated carbocycles. The van der Waals surface area contributed by atoms with Crippen LogP contribution < -0.4 is 0 Å². The molecule has 2 aromatic carbocycles. The first-order valence-electron chi connectivity index (χ1n) is 8.32. The van der Waals surface area contributed by atoms with Gasteiger partial charge < -0.3 is 5.11 Å². The summed E-state index contributed by atoms with van der Waals surface area (Å²) in [7, 11) is 0. The quantitative estimate of drug-likeness (QED) is 0.733. The molecule has 1 N–H and O–H groups in total. The summed E-state index contributed by atoms with van der Waals surface area (Å²) in [4.78, 5) is 11.3. The van der Waals surface area contributed by atoms with E-state index in [1.807, 2.05) is 30.3 Å². The van der Waals surface area contributed by atoms with Crippen LogP contribution in [0.2, 0.25) is 0 Å². The van der Waals surface area contributed by atoms with E-state index in [4.69, 9.17) is 0 Å². The lowest BCUT2D eigenvalue weighted by Crippen LogP contribution is -2.27. The van der Waals surface area contributed by atoms with E-state index in [9.17, 15) is 14.3 Å². The van der Waals surface area contributed by atoms with Crippen LogP contribution in [0.25, 0.3) is 0 Å². The number of hydrogen-bond donors (Lipinski definition) is 1. The number of carbonyl (C=O) groups is 1. The normalized spacial score (nSPS) is 15.9. The average Bonchev–Trinajstić information content (AvgIpc) is 3.05. The predicted molar refractivity (Wildman–Crippen MR) is 99.5 cm³/mol. The number of carboxylic acid groups (broad SMARTS) is 1. The molecule has 8 heteroatoms. The van der Waals surface area contributed by atoms with Gasteiger partial charge in [0.1, 0.15) is 5.82 Å². The van der Waals surface area contributed by atoms with Crippen LogP contribution in [-0.2, 0) is 11.2 Å². The van der Waals surface area contributed by atoms with E-state index in [1.165, 1.54) is 17.8 Å². The Balaban J connectivity index is 1.74. The van der Waals surface area contributed by atoms with Gasteiger partial charge in [0.15, 0.2) is 5.82 Å². The van der Waals surface area contributed by atoms with Crippen molar-refractivity contribution in [2.45, 2.75) is 23.2 Å². The maximum absolute atomic E-state index is 14.0. The van der Waals surface area contributed by atoms with E-state index in [0.717, 1.165) is 5.56 Å². The third kappa shape index (κ3) is 3.61. The lowest BCUT2D eigenvalue weighted by molar-refractivity contribution is -0.136.